The average molecular weight is 466 g/mol. The SMILES string of the molecule is O=C(CNc1cccc(C(=O)Nc2cccc(C(F)(F)F)c2)c1)Nc1ccc(F)c(Cl)c1. The third kappa shape index (κ3) is 6.21. The number of halogens is 5. The molecule has 0 aromatic heterocycles. The van der Waals surface area contributed by atoms with Gasteiger partial charge in [-0.1, -0.05) is 23.7 Å². The third-order valence-corrected chi connectivity index (χ3v) is 4.52. The number of benzene rings is 3. The molecule has 0 spiro atoms. The molecule has 32 heavy (non-hydrogen) atoms. The van der Waals surface area contributed by atoms with Gasteiger partial charge in [0.15, 0.2) is 0 Å². The molecule has 3 aromatic carbocycles. The van der Waals surface area contributed by atoms with E-state index in [0.29, 0.717) is 11.4 Å². The first-order valence-electron chi connectivity index (χ1n) is 9.19. The van der Waals surface area contributed by atoms with E-state index in [1.165, 1.54) is 36.4 Å². The van der Waals surface area contributed by atoms with Gasteiger partial charge in [0, 0.05) is 22.6 Å². The van der Waals surface area contributed by atoms with E-state index >= 15 is 0 Å². The van der Waals surface area contributed by atoms with Crippen LogP contribution in [0.1, 0.15) is 15.9 Å². The zero-order valence-electron chi connectivity index (χ0n) is 16.3. The van der Waals surface area contributed by atoms with Gasteiger partial charge in [0.2, 0.25) is 5.91 Å². The number of alkyl halides is 3. The Balaban J connectivity index is 1.60. The first-order valence-corrected chi connectivity index (χ1v) is 9.57. The lowest BCUT2D eigenvalue weighted by atomic mass is 10.1. The van der Waals surface area contributed by atoms with E-state index in [4.69, 9.17) is 11.6 Å². The van der Waals surface area contributed by atoms with E-state index in [1.807, 2.05) is 0 Å². The predicted octanol–water partition coefficient (Wildman–Crippen LogP) is 5.80. The highest BCUT2D eigenvalue weighted by Crippen LogP contribution is 2.30. The van der Waals surface area contributed by atoms with Crippen molar-refractivity contribution >= 4 is 40.5 Å². The molecule has 3 aromatic rings. The lowest BCUT2D eigenvalue weighted by Crippen LogP contribution is -2.22. The fraction of sp³-hybridized carbons (Fsp3) is 0.0909. The van der Waals surface area contributed by atoms with Crippen LogP contribution in [0.2, 0.25) is 5.02 Å². The Labute approximate surface area is 185 Å². The van der Waals surface area contributed by atoms with Gasteiger partial charge < -0.3 is 16.0 Å². The van der Waals surface area contributed by atoms with Crippen molar-refractivity contribution in [2.45, 2.75) is 6.18 Å². The Bertz CT molecular complexity index is 1150. The molecule has 5 nitrogen and oxygen atoms in total. The summed E-state index contributed by atoms with van der Waals surface area (Å²) in [5, 5.41) is 7.66. The molecular weight excluding hydrogens is 450 g/mol. The molecule has 0 heterocycles. The van der Waals surface area contributed by atoms with Gasteiger partial charge in [0.05, 0.1) is 17.1 Å². The van der Waals surface area contributed by atoms with Crippen LogP contribution in [0.5, 0.6) is 0 Å². The number of carbonyl (C=O) groups excluding carboxylic acids is 2. The van der Waals surface area contributed by atoms with E-state index in [-0.39, 0.29) is 22.8 Å². The van der Waals surface area contributed by atoms with Gasteiger partial charge >= 0.3 is 6.18 Å². The van der Waals surface area contributed by atoms with Crippen LogP contribution in [0.15, 0.2) is 66.7 Å². The highest BCUT2D eigenvalue weighted by atomic mass is 35.5. The molecule has 0 fully saturated rings. The van der Waals surface area contributed by atoms with E-state index in [0.717, 1.165) is 18.2 Å². The Morgan fingerprint density at radius 3 is 2.25 bits per heavy atom. The summed E-state index contributed by atoms with van der Waals surface area (Å²) in [5.41, 5.74) is 0.0595. The molecule has 0 aliphatic rings. The smallest absolute Gasteiger partial charge is 0.376 e. The van der Waals surface area contributed by atoms with Gasteiger partial charge in [-0.25, -0.2) is 4.39 Å². The maximum Gasteiger partial charge on any atom is 0.416 e. The van der Waals surface area contributed by atoms with Gasteiger partial charge in [0.25, 0.3) is 5.91 Å². The topological polar surface area (TPSA) is 70.2 Å². The first-order chi connectivity index (χ1) is 15.1. The molecule has 3 N–H and O–H groups in total. The van der Waals surface area contributed by atoms with E-state index in [9.17, 15) is 27.2 Å². The number of anilines is 3. The molecule has 166 valence electrons. The number of nitrogens with one attached hydrogen (secondary N) is 3. The summed E-state index contributed by atoms with van der Waals surface area (Å²) in [4.78, 5) is 24.5. The van der Waals surface area contributed by atoms with Gasteiger partial charge in [-0.05, 0) is 54.6 Å². The van der Waals surface area contributed by atoms with Crippen molar-refractivity contribution in [3.05, 3.63) is 88.7 Å². The van der Waals surface area contributed by atoms with Crippen molar-refractivity contribution in [2.24, 2.45) is 0 Å². The Kier molecular flexibility index (Phi) is 6.99. The predicted molar refractivity (Wildman–Crippen MR) is 114 cm³/mol. The Morgan fingerprint density at radius 2 is 1.53 bits per heavy atom. The zero-order chi connectivity index (χ0) is 23.3. The molecule has 10 heteroatoms. The van der Waals surface area contributed by atoms with E-state index < -0.39 is 29.4 Å². The molecule has 0 aliphatic carbocycles. The zero-order valence-corrected chi connectivity index (χ0v) is 17.0. The maximum absolute atomic E-state index is 13.2. The number of carbonyl (C=O) groups is 2. The third-order valence-electron chi connectivity index (χ3n) is 4.23. The van der Waals surface area contributed by atoms with Crippen LogP contribution in [-0.4, -0.2) is 18.4 Å². The quantitative estimate of drug-likeness (QED) is 0.403. The minimum absolute atomic E-state index is 0.000485. The van der Waals surface area contributed by atoms with Crippen LogP contribution < -0.4 is 16.0 Å². The maximum atomic E-state index is 13.2. The van der Waals surface area contributed by atoms with Crippen molar-refractivity contribution < 1.29 is 27.2 Å². The van der Waals surface area contributed by atoms with Crippen molar-refractivity contribution in [3.8, 4) is 0 Å². The van der Waals surface area contributed by atoms with Crippen LogP contribution in [0.3, 0.4) is 0 Å². The summed E-state index contributed by atoms with van der Waals surface area (Å²) in [6.45, 7) is -0.159. The molecule has 3 rings (SSSR count). The largest absolute Gasteiger partial charge is 0.416 e. The lowest BCUT2D eigenvalue weighted by molar-refractivity contribution is -0.137. The number of amides is 2. The van der Waals surface area contributed by atoms with Crippen molar-refractivity contribution in [2.75, 3.05) is 22.5 Å². The van der Waals surface area contributed by atoms with Crippen molar-refractivity contribution in [3.63, 3.8) is 0 Å². The van der Waals surface area contributed by atoms with Crippen molar-refractivity contribution in [1.82, 2.24) is 0 Å². The minimum atomic E-state index is -4.52. The van der Waals surface area contributed by atoms with Gasteiger partial charge in [0.1, 0.15) is 5.82 Å². The van der Waals surface area contributed by atoms with Crippen LogP contribution in [0, 0.1) is 5.82 Å². The molecule has 0 saturated carbocycles. The second-order valence-electron chi connectivity index (χ2n) is 6.64. The van der Waals surface area contributed by atoms with E-state index in [2.05, 4.69) is 16.0 Å². The highest BCUT2D eigenvalue weighted by molar-refractivity contribution is 6.31. The van der Waals surface area contributed by atoms with Gasteiger partial charge in [-0.2, -0.15) is 13.2 Å². The van der Waals surface area contributed by atoms with Crippen LogP contribution >= 0.6 is 11.6 Å². The van der Waals surface area contributed by atoms with Crippen molar-refractivity contribution in [1.29, 1.82) is 0 Å². The van der Waals surface area contributed by atoms with Crippen LogP contribution in [0.4, 0.5) is 34.6 Å². The molecule has 0 radical (unpaired) electrons. The van der Waals surface area contributed by atoms with Gasteiger partial charge in [-0.15, -0.1) is 0 Å². The molecule has 0 aliphatic heterocycles. The molecule has 0 atom stereocenters. The van der Waals surface area contributed by atoms with E-state index in [1.54, 1.807) is 12.1 Å². The average Bonchev–Trinajstić information content (AvgIpc) is 2.75. The summed E-state index contributed by atoms with van der Waals surface area (Å²) in [5.74, 6) is -1.66. The highest BCUT2D eigenvalue weighted by Gasteiger charge is 2.30. The number of rotatable bonds is 6. The van der Waals surface area contributed by atoms with Crippen LogP contribution in [-0.2, 0) is 11.0 Å². The molecule has 0 saturated heterocycles. The summed E-state index contributed by atoms with van der Waals surface area (Å²) in [6, 6.07) is 14.1. The Hall–Kier alpha value is -3.59. The summed E-state index contributed by atoms with van der Waals surface area (Å²) in [7, 11) is 0. The molecular formula is C22H16ClF4N3O2. The molecule has 0 bridgehead atoms. The molecule has 0 unspecified atom stereocenters. The fourth-order valence-corrected chi connectivity index (χ4v) is 2.89. The summed E-state index contributed by atoms with van der Waals surface area (Å²) < 4.78 is 51.7. The second-order valence-corrected chi connectivity index (χ2v) is 7.05. The number of hydrogen-bond donors (Lipinski definition) is 3. The molecule has 2 amide bonds. The van der Waals surface area contributed by atoms with Gasteiger partial charge in [-0.3, -0.25) is 9.59 Å². The number of hydrogen-bond acceptors (Lipinski definition) is 3. The minimum Gasteiger partial charge on any atom is -0.376 e. The normalized spacial score (nSPS) is 11.0. The Morgan fingerprint density at radius 1 is 0.844 bits per heavy atom. The second kappa shape index (κ2) is 9.69. The van der Waals surface area contributed by atoms with Crippen LogP contribution in [0.25, 0.3) is 0 Å². The summed E-state index contributed by atoms with van der Waals surface area (Å²) >= 11 is 5.67. The fourth-order valence-electron chi connectivity index (χ4n) is 2.71. The standard InChI is InChI=1S/C22H16ClF4N3O2/c23-18-11-17(7-8-19(18)24)29-20(31)12-28-15-5-1-3-13(9-15)21(32)30-16-6-2-4-14(10-16)22(25,26)27/h1-11,28H,12H2,(H,29,31)(H,30,32). The summed E-state index contributed by atoms with van der Waals surface area (Å²) in [6.07, 6.45) is -4.52. The lowest BCUT2D eigenvalue weighted by Gasteiger charge is -2.11. The monoisotopic (exact) mass is 465 g/mol. The first kappa shape index (κ1) is 23.1.